The molecule has 0 amide bonds. The van der Waals surface area contributed by atoms with E-state index in [1.54, 1.807) is 6.92 Å². The third-order valence-electron chi connectivity index (χ3n) is 2.28. The second kappa shape index (κ2) is 5.86. The van der Waals surface area contributed by atoms with Crippen molar-refractivity contribution in [2.24, 2.45) is 0 Å². The summed E-state index contributed by atoms with van der Waals surface area (Å²) >= 11 is 0. The molecule has 0 atom stereocenters. The van der Waals surface area contributed by atoms with E-state index in [0.29, 0.717) is 6.42 Å². The highest BCUT2D eigenvalue weighted by Gasteiger charge is 2.09. The van der Waals surface area contributed by atoms with Gasteiger partial charge in [-0.15, -0.1) is 0 Å². The first-order valence-corrected chi connectivity index (χ1v) is 7.15. The lowest BCUT2D eigenvalue weighted by atomic mass is 10.3. The number of rotatable bonds is 6. The number of nitrogen functional groups attached to an aromatic ring is 1. The zero-order valence-corrected chi connectivity index (χ0v) is 10.5. The maximum atomic E-state index is 13.3. The number of sulfone groups is 1. The van der Waals surface area contributed by atoms with Crippen LogP contribution in [-0.4, -0.2) is 26.5 Å². The summed E-state index contributed by atoms with van der Waals surface area (Å²) in [6, 6.07) is 4.26. The van der Waals surface area contributed by atoms with Gasteiger partial charge in [-0.1, -0.05) is 13.0 Å². The zero-order valence-electron chi connectivity index (χ0n) is 9.65. The summed E-state index contributed by atoms with van der Waals surface area (Å²) in [6.45, 7) is 1.72. The van der Waals surface area contributed by atoms with Crippen molar-refractivity contribution in [2.45, 2.75) is 13.3 Å². The minimum Gasteiger partial charge on any atom is -0.488 e. The second-order valence-electron chi connectivity index (χ2n) is 3.60. The number of ether oxygens (including phenoxy) is 1. The maximum Gasteiger partial charge on any atom is 0.177 e. The topological polar surface area (TPSA) is 69.4 Å². The number of anilines is 1. The van der Waals surface area contributed by atoms with Crippen LogP contribution in [0.3, 0.4) is 0 Å². The van der Waals surface area contributed by atoms with Gasteiger partial charge >= 0.3 is 0 Å². The van der Waals surface area contributed by atoms with E-state index in [0.717, 1.165) is 0 Å². The first kappa shape index (κ1) is 13.8. The zero-order chi connectivity index (χ0) is 12.9. The summed E-state index contributed by atoms with van der Waals surface area (Å²) in [5.41, 5.74) is 5.74. The Kier molecular flexibility index (Phi) is 4.74. The lowest BCUT2D eigenvalue weighted by Gasteiger charge is -2.09. The Morgan fingerprint density at radius 2 is 2.12 bits per heavy atom. The smallest absolute Gasteiger partial charge is 0.177 e. The highest BCUT2D eigenvalue weighted by atomic mass is 32.2. The van der Waals surface area contributed by atoms with Crippen LogP contribution in [0.5, 0.6) is 5.75 Å². The molecular formula is C11H16FNO3S. The molecule has 0 aliphatic carbocycles. The fourth-order valence-corrected chi connectivity index (χ4v) is 2.12. The number of halogens is 1. The molecule has 0 aliphatic rings. The van der Waals surface area contributed by atoms with Crippen molar-refractivity contribution in [1.29, 1.82) is 0 Å². The standard InChI is InChI=1S/C11H16FNO3S/c1-2-17(14,15)8-4-7-16-11-9(12)5-3-6-10(11)13/h3,5-6H,2,4,7-8,13H2,1H3. The molecule has 0 spiro atoms. The first-order valence-electron chi connectivity index (χ1n) is 5.33. The summed E-state index contributed by atoms with van der Waals surface area (Å²) < 4.78 is 40.8. The van der Waals surface area contributed by atoms with Crippen molar-refractivity contribution in [1.82, 2.24) is 0 Å². The molecule has 0 aromatic heterocycles. The molecule has 0 radical (unpaired) electrons. The molecule has 0 saturated carbocycles. The van der Waals surface area contributed by atoms with E-state index >= 15 is 0 Å². The summed E-state index contributed by atoms with van der Waals surface area (Å²) in [4.78, 5) is 0. The average Bonchev–Trinajstić information content (AvgIpc) is 2.27. The van der Waals surface area contributed by atoms with E-state index in [1.807, 2.05) is 0 Å². The van der Waals surface area contributed by atoms with Gasteiger partial charge in [0.05, 0.1) is 18.0 Å². The fourth-order valence-electron chi connectivity index (χ4n) is 1.28. The summed E-state index contributed by atoms with van der Waals surface area (Å²) in [7, 11) is -3.00. The normalized spacial score (nSPS) is 11.4. The Balaban J connectivity index is 2.47. The first-order chi connectivity index (χ1) is 7.96. The van der Waals surface area contributed by atoms with E-state index in [9.17, 15) is 12.8 Å². The number of benzene rings is 1. The van der Waals surface area contributed by atoms with Gasteiger partial charge in [-0.05, 0) is 18.6 Å². The summed E-state index contributed by atoms with van der Waals surface area (Å²) in [5, 5.41) is 0. The second-order valence-corrected chi connectivity index (χ2v) is 6.07. The number of hydrogen-bond acceptors (Lipinski definition) is 4. The molecule has 17 heavy (non-hydrogen) atoms. The van der Waals surface area contributed by atoms with Crippen LogP contribution < -0.4 is 10.5 Å². The molecule has 1 aromatic carbocycles. The molecule has 0 bridgehead atoms. The molecule has 0 unspecified atom stereocenters. The van der Waals surface area contributed by atoms with Gasteiger partial charge in [0.2, 0.25) is 0 Å². The van der Waals surface area contributed by atoms with Crippen LogP contribution in [0.15, 0.2) is 18.2 Å². The molecule has 6 heteroatoms. The van der Waals surface area contributed by atoms with Gasteiger partial charge in [-0.2, -0.15) is 0 Å². The largest absolute Gasteiger partial charge is 0.488 e. The predicted octanol–water partition coefficient (Wildman–Crippen LogP) is 1.61. The van der Waals surface area contributed by atoms with Gasteiger partial charge < -0.3 is 10.5 Å². The van der Waals surface area contributed by atoms with Crippen LogP contribution in [0, 0.1) is 5.82 Å². The molecule has 1 aromatic rings. The van der Waals surface area contributed by atoms with Crippen LogP contribution in [0.4, 0.5) is 10.1 Å². The van der Waals surface area contributed by atoms with E-state index in [-0.39, 0.29) is 29.5 Å². The fraction of sp³-hybridized carbons (Fsp3) is 0.455. The van der Waals surface area contributed by atoms with Crippen molar-refractivity contribution in [3.8, 4) is 5.75 Å². The van der Waals surface area contributed by atoms with E-state index < -0.39 is 15.7 Å². The third kappa shape index (κ3) is 4.22. The molecule has 1 rings (SSSR count). The molecule has 96 valence electrons. The summed E-state index contributed by atoms with van der Waals surface area (Å²) in [5.74, 6) is -0.406. The SMILES string of the molecule is CCS(=O)(=O)CCCOc1c(N)cccc1F. The van der Waals surface area contributed by atoms with Gasteiger partial charge in [0.1, 0.15) is 9.84 Å². The van der Waals surface area contributed by atoms with Crippen molar-refractivity contribution < 1.29 is 17.5 Å². The van der Waals surface area contributed by atoms with E-state index in [4.69, 9.17) is 10.5 Å². The Labute approximate surface area is 101 Å². The Morgan fingerprint density at radius 1 is 1.41 bits per heavy atom. The molecule has 0 saturated heterocycles. The number of nitrogens with two attached hydrogens (primary N) is 1. The van der Waals surface area contributed by atoms with Crippen LogP contribution in [0.2, 0.25) is 0 Å². The quantitative estimate of drug-likeness (QED) is 0.624. The van der Waals surface area contributed by atoms with Crippen LogP contribution in [-0.2, 0) is 9.84 Å². The van der Waals surface area contributed by atoms with E-state index in [1.165, 1.54) is 18.2 Å². The third-order valence-corrected chi connectivity index (χ3v) is 4.07. The van der Waals surface area contributed by atoms with E-state index in [2.05, 4.69) is 0 Å². The minimum absolute atomic E-state index is 0.0126. The predicted molar refractivity (Wildman–Crippen MR) is 65.3 cm³/mol. The highest BCUT2D eigenvalue weighted by Crippen LogP contribution is 2.24. The Morgan fingerprint density at radius 3 is 2.71 bits per heavy atom. The maximum absolute atomic E-state index is 13.3. The molecule has 2 N–H and O–H groups in total. The number of para-hydroxylation sites is 1. The number of hydrogen-bond donors (Lipinski definition) is 1. The van der Waals surface area contributed by atoms with Gasteiger partial charge in [0.15, 0.2) is 11.6 Å². The molecule has 0 aliphatic heterocycles. The highest BCUT2D eigenvalue weighted by molar-refractivity contribution is 7.91. The molecular weight excluding hydrogens is 245 g/mol. The molecule has 0 fully saturated rings. The van der Waals surface area contributed by atoms with Crippen LogP contribution in [0.25, 0.3) is 0 Å². The Hall–Kier alpha value is -1.30. The minimum atomic E-state index is -3.00. The average molecular weight is 261 g/mol. The van der Waals surface area contributed by atoms with Gasteiger partial charge in [-0.25, -0.2) is 12.8 Å². The Bertz CT molecular complexity index is 453. The van der Waals surface area contributed by atoms with Crippen LogP contribution >= 0.6 is 0 Å². The lowest BCUT2D eigenvalue weighted by Crippen LogP contribution is -2.12. The van der Waals surface area contributed by atoms with Gasteiger partial charge in [-0.3, -0.25) is 0 Å². The van der Waals surface area contributed by atoms with Gasteiger partial charge in [0.25, 0.3) is 0 Å². The lowest BCUT2D eigenvalue weighted by molar-refractivity contribution is 0.303. The monoisotopic (exact) mass is 261 g/mol. The summed E-state index contributed by atoms with van der Waals surface area (Å²) in [6.07, 6.45) is 0.323. The van der Waals surface area contributed by atoms with Crippen molar-refractivity contribution >= 4 is 15.5 Å². The van der Waals surface area contributed by atoms with Crippen molar-refractivity contribution in [2.75, 3.05) is 23.8 Å². The van der Waals surface area contributed by atoms with Crippen LogP contribution in [0.1, 0.15) is 13.3 Å². The van der Waals surface area contributed by atoms with Crippen molar-refractivity contribution in [3.63, 3.8) is 0 Å². The molecule has 0 heterocycles. The van der Waals surface area contributed by atoms with Gasteiger partial charge in [0, 0.05) is 5.75 Å². The van der Waals surface area contributed by atoms with Crippen molar-refractivity contribution in [3.05, 3.63) is 24.0 Å². The molecule has 4 nitrogen and oxygen atoms in total.